The monoisotopic (exact) mass is 238 g/mol. The first-order valence-corrected chi connectivity index (χ1v) is 6.18. The molecule has 54 valence electrons. The zero-order valence-corrected chi connectivity index (χ0v) is 7.97. The van der Waals surface area contributed by atoms with Crippen molar-refractivity contribution in [2.45, 2.75) is 13.3 Å². The van der Waals surface area contributed by atoms with Gasteiger partial charge in [0.2, 0.25) is 0 Å². The van der Waals surface area contributed by atoms with Crippen molar-refractivity contribution in [1.82, 2.24) is 3.11 Å². The van der Waals surface area contributed by atoms with Gasteiger partial charge in [0.25, 0.3) is 0 Å². The van der Waals surface area contributed by atoms with E-state index in [0.29, 0.717) is 21.5 Å². The van der Waals surface area contributed by atoms with Gasteiger partial charge >= 0.3 is 67.3 Å². The van der Waals surface area contributed by atoms with Crippen LogP contribution in [0, 0.1) is 11.8 Å². The fourth-order valence-electron chi connectivity index (χ4n) is 1.82. The summed E-state index contributed by atoms with van der Waals surface area (Å²) in [5, 5.41) is 0. The molecule has 0 amide bonds. The molecule has 0 radical (unpaired) electrons. The van der Waals surface area contributed by atoms with Crippen LogP contribution >= 0.6 is 0 Å². The second-order valence-electron chi connectivity index (χ2n) is 3.31. The van der Waals surface area contributed by atoms with Crippen LogP contribution in [0.15, 0.2) is 0 Å². The molecule has 0 aromatic heterocycles. The molecule has 0 spiro atoms. The number of fused-ring (bicyclic) bond motifs is 2. The molecular formula is C7H13IN-. The summed E-state index contributed by atoms with van der Waals surface area (Å²) in [6, 6.07) is 0. The van der Waals surface area contributed by atoms with E-state index in [0.717, 1.165) is 11.8 Å². The Morgan fingerprint density at radius 1 is 1.44 bits per heavy atom. The van der Waals surface area contributed by atoms with E-state index >= 15 is 0 Å². The molecule has 0 aromatic carbocycles. The predicted octanol–water partition coefficient (Wildman–Crippen LogP) is -2.04. The van der Waals surface area contributed by atoms with Gasteiger partial charge in [-0.05, 0) is 0 Å². The third kappa shape index (κ3) is 1.24. The van der Waals surface area contributed by atoms with Crippen LogP contribution in [0.25, 0.3) is 0 Å². The summed E-state index contributed by atoms with van der Waals surface area (Å²) in [7, 11) is 0. The number of alkyl halides is 1. The van der Waals surface area contributed by atoms with Crippen LogP contribution in [0.5, 0.6) is 0 Å². The van der Waals surface area contributed by atoms with E-state index in [1.807, 2.05) is 0 Å². The van der Waals surface area contributed by atoms with Crippen LogP contribution < -0.4 is 21.5 Å². The third-order valence-corrected chi connectivity index (χ3v) is 5.55. The van der Waals surface area contributed by atoms with E-state index in [9.17, 15) is 0 Å². The maximum atomic E-state index is 2.72. The Morgan fingerprint density at radius 3 is 3.11 bits per heavy atom. The van der Waals surface area contributed by atoms with E-state index in [1.165, 1.54) is 19.5 Å². The zero-order chi connectivity index (χ0) is 6.27. The van der Waals surface area contributed by atoms with Crippen molar-refractivity contribution in [3.8, 4) is 0 Å². The molecule has 2 bridgehead atoms. The van der Waals surface area contributed by atoms with Gasteiger partial charge in [-0.2, -0.15) is 0 Å². The van der Waals surface area contributed by atoms with E-state index in [-0.39, 0.29) is 0 Å². The molecule has 0 aliphatic carbocycles. The maximum absolute atomic E-state index is 2.72. The number of piperidine rings is 1. The van der Waals surface area contributed by atoms with Crippen molar-refractivity contribution >= 4 is 0 Å². The summed E-state index contributed by atoms with van der Waals surface area (Å²) in [6.07, 6.45) is 1.52. The SMILES string of the molecule is CC1CC2C[I-]N(C1)C2. The molecule has 2 fully saturated rings. The molecule has 0 aromatic rings. The average molecular weight is 238 g/mol. The topological polar surface area (TPSA) is 3.24 Å². The number of hydrogen-bond donors (Lipinski definition) is 0. The first kappa shape index (κ1) is 6.40. The van der Waals surface area contributed by atoms with Crippen LogP contribution in [-0.4, -0.2) is 20.6 Å². The minimum atomic E-state index is 0.505. The van der Waals surface area contributed by atoms with Gasteiger partial charge in [0.1, 0.15) is 0 Å². The quantitative estimate of drug-likeness (QED) is 0.267. The Balaban J connectivity index is 2.03. The summed E-state index contributed by atoms with van der Waals surface area (Å²) in [4.78, 5) is 0. The Labute approximate surface area is 67.4 Å². The Hall–Kier alpha value is 0.690. The second-order valence-corrected chi connectivity index (χ2v) is 6.24. The number of nitrogens with zero attached hydrogens (tertiary/aromatic N) is 1. The van der Waals surface area contributed by atoms with E-state index < -0.39 is 0 Å². The summed E-state index contributed by atoms with van der Waals surface area (Å²) < 4.78 is 4.31. The van der Waals surface area contributed by atoms with Gasteiger partial charge < -0.3 is 0 Å². The second kappa shape index (κ2) is 2.38. The van der Waals surface area contributed by atoms with Gasteiger partial charge in [0, 0.05) is 0 Å². The molecule has 9 heavy (non-hydrogen) atoms. The molecular weight excluding hydrogens is 225 g/mol. The number of hydrogen-bond acceptors (Lipinski definition) is 1. The Bertz CT molecular complexity index is 103. The fraction of sp³-hybridized carbons (Fsp3) is 1.00. The van der Waals surface area contributed by atoms with Gasteiger partial charge in [-0.3, -0.25) is 0 Å². The molecule has 2 rings (SSSR count). The van der Waals surface area contributed by atoms with Crippen LogP contribution in [0.2, 0.25) is 0 Å². The van der Waals surface area contributed by atoms with Gasteiger partial charge in [-0.15, -0.1) is 0 Å². The summed E-state index contributed by atoms with van der Waals surface area (Å²) >= 11 is 0.505. The van der Waals surface area contributed by atoms with Crippen LogP contribution in [-0.2, 0) is 0 Å². The molecule has 2 aliphatic rings. The Morgan fingerprint density at radius 2 is 2.33 bits per heavy atom. The summed E-state index contributed by atoms with van der Waals surface area (Å²) in [5.74, 6) is 2.12. The first-order chi connectivity index (χ1) is 4.34. The van der Waals surface area contributed by atoms with E-state index in [2.05, 4.69) is 10.0 Å². The van der Waals surface area contributed by atoms with Crippen molar-refractivity contribution in [3.63, 3.8) is 0 Å². The van der Waals surface area contributed by atoms with Crippen molar-refractivity contribution in [3.05, 3.63) is 0 Å². The minimum absolute atomic E-state index is 0.505. The van der Waals surface area contributed by atoms with Gasteiger partial charge in [0.15, 0.2) is 0 Å². The third-order valence-electron chi connectivity index (χ3n) is 2.16. The van der Waals surface area contributed by atoms with E-state index in [1.54, 1.807) is 4.43 Å². The normalized spacial score (nSPS) is 50.6. The predicted molar refractivity (Wildman–Crippen MR) is 33.7 cm³/mol. The molecule has 3 unspecified atom stereocenters. The molecule has 1 nitrogen and oxygen atoms in total. The number of halogens is 1. The van der Waals surface area contributed by atoms with Gasteiger partial charge in [0.05, 0.1) is 0 Å². The summed E-state index contributed by atoms with van der Waals surface area (Å²) in [5.41, 5.74) is 0. The van der Waals surface area contributed by atoms with Crippen LogP contribution in [0.1, 0.15) is 13.3 Å². The molecule has 3 atom stereocenters. The first-order valence-electron chi connectivity index (χ1n) is 3.69. The van der Waals surface area contributed by atoms with Crippen molar-refractivity contribution in [2.75, 3.05) is 17.5 Å². The van der Waals surface area contributed by atoms with Crippen LogP contribution in [0.4, 0.5) is 0 Å². The van der Waals surface area contributed by atoms with Crippen molar-refractivity contribution in [2.24, 2.45) is 11.8 Å². The molecule has 2 heterocycles. The molecule has 0 saturated carbocycles. The average Bonchev–Trinajstić information content (AvgIpc) is 2.11. The molecule has 2 heteroatoms. The van der Waals surface area contributed by atoms with Crippen LogP contribution in [0.3, 0.4) is 0 Å². The van der Waals surface area contributed by atoms with Gasteiger partial charge in [-0.1, -0.05) is 0 Å². The van der Waals surface area contributed by atoms with Crippen molar-refractivity contribution < 1.29 is 21.5 Å². The zero-order valence-electron chi connectivity index (χ0n) is 5.81. The van der Waals surface area contributed by atoms with Gasteiger partial charge in [-0.25, -0.2) is 0 Å². The molecule has 0 N–H and O–H groups in total. The number of rotatable bonds is 0. The molecule has 2 aliphatic heterocycles. The van der Waals surface area contributed by atoms with Crippen molar-refractivity contribution in [1.29, 1.82) is 0 Å². The molecule has 2 saturated heterocycles. The standard InChI is InChI=1S/C7H13IN/c1-6-2-7-3-8-9(4-6)5-7/h6-7H,2-5H2,1H3/q-1. The fourth-order valence-corrected chi connectivity index (χ4v) is 5.35. The summed E-state index contributed by atoms with van der Waals surface area (Å²) in [6.45, 7) is 5.27. The van der Waals surface area contributed by atoms with E-state index in [4.69, 9.17) is 0 Å². The Kier molecular flexibility index (Phi) is 1.69.